The first-order valence-corrected chi connectivity index (χ1v) is 11.0. The van der Waals surface area contributed by atoms with Crippen molar-refractivity contribution >= 4 is 27.3 Å². The van der Waals surface area contributed by atoms with Gasteiger partial charge < -0.3 is 4.90 Å². The Balaban J connectivity index is 1.72. The van der Waals surface area contributed by atoms with E-state index < -0.39 is 26.6 Å². The molecule has 0 saturated carbocycles. The number of hydrogen-bond donors (Lipinski definition) is 0. The molecule has 0 N–H and O–H groups in total. The van der Waals surface area contributed by atoms with Crippen LogP contribution in [0.2, 0.25) is 0 Å². The number of sulfonamides is 1. The molecule has 1 fully saturated rings. The summed E-state index contributed by atoms with van der Waals surface area (Å²) < 4.78 is 54.1. The molecule has 6 nitrogen and oxygen atoms in total. The summed E-state index contributed by atoms with van der Waals surface area (Å²) in [6.07, 6.45) is 1.53. The first kappa shape index (κ1) is 20.8. The van der Waals surface area contributed by atoms with Gasteiger partial charge in [0.25, 0.3) is 5.91 Å². The number of hydrogen-bond acceptors (Lipinski definition) is 5. The molecule has 10 heteroatoms. The largest absolute Gasteiger partial charge is 0.335 e. The van der Waals surface area contributed by atoms with E-state index in [1.807, 2.05) is 20.8 Å². The number of piperazine rings is 1. The monoisotopic (exact) mass is 429 g/mol. The van der Waals surface area contributed by atoms with Crippen LogP contribution in [-0.2, 0) is 15.4 Å². The Morgan fingerprint density at radius 3 is 2.18 bits per heavy atom. The van der Waals surface area contributed by atoms with Crippen LogP contribution in [0.4, 0.5) is 8.78 Å². The highest BCUT2D eigenvalue weighted by Crippen LogP contribution is 2.28. The molecule has 0 bridgehead atoms. The third-order valence-electron chi connectivity index (χ3n) is 4.40. The van der Waals surface area contributed by atoms with E-state index in [4.69, 9.17) is 0 Å². The fourth-order valence-corrected chi connectivity index (χ4v) is 5.34. The summed E-state index contributed by atoms with van der Waals surface area (Å²) in [5.74, 6) is -2.47. The second-order valence-electron chi connectivity index (χ2n) is 7.53. The van der Waals surface area contributed by atoms with Gasteiger partial charge in [0.2, 0.25) is 10.0 Å². The van der Waals surface area contributed by atoms with Crippen molar-refractivity contribution in [3.63, 3.8) is 0 Å². The molecule has 0 spiro atoms. The number of benzene rings is 1. The summed E-state index contributed by atoms with van der Waals surface area (Å²) in [5.41, 5.74) is -0.167. The zero-order chi connectivity index (χ0) is 20.7. The molecule has 28 heavy (non-hydrogen) atoms. The van der Waals surface area contributed by atoms with Crippen LogP contribution in [0.25, 0.3) is 0 Å². The van der Waals surface area contributed by atoms with Crippen LogP contribution >= 0.6 is 11.3 Å². The normalized spacial score (nSPS) is 16.4. The van der Waals surface area contributed by atoms with Gasteiger partial charge in [-0.1, -0.05) is 26.8 Å². The lowest BCUT2D eigenvalue weighted by molar-refractivity contribution is 0.0702. The van der Waals surface area contributed by atoms with Gasteiger partial charge in [-0.2, -0.15) is 4.31 Å². The van der Waals surface area contributed by atoms with Crippen LogP contribution in [0.3, 0.4) is 0 Å². The number of amides is 1. The van der Waals surface area contributed by atoms with Crippen LogP contribution in [0.5, 0.6) is 0 Å². The molecule has 1 aliphatic heterocycles. The molecule has 1 aromatic heterocycles. The molecule has 1 aromatic carbocycles. The molecule has 1 aliphatic rings. The van der Waals surface area contributed by atoms with Gasteiger partial charge in [0.15, 0.2) is 4.90 Å². The lowest BCUT2D eigenvalue weighted by atomic mass is 9.98. The average molecular weight is 430 g/mol. The number of carbonyl (C=O) groups excluding carboxylic acids is 1. The van der Waals surface area contributed by atoms with Gasteiger partial charge >= 0.3 is 0 Å². The van der Waals surface area contributed by atoms with Crippen molar-refractivity contribution in [2.75, 3.05) is 26.2 Å². The van der Waals surface area contributed by atoms with Crippen molar-refractivity contribution in [3.05, 3.63) is 45.9 Å². The molecule has 0 atom stereocenters. The minimum absolute atomic E-state index is 0.0349. The Morgan fingerprint density at radius 1 is 1.11 bits per heavy atom. The maximum atomic E-state index is 13.9. The van der Waals surface area contributed by atoms with E-state index in [2.05, 4.69) is 4.98 Å². The smallest absolute Gasteiger partial charge is 0.265 e. The molecular weight excluding hydrogens is 408 g/mol. The van der Waals surface area contributed by atoms with E-state index in [9.17, 15) is 22.0 Å². The van der Waals surface area contributed by atoms with E-state index in [1.54, 1.807) is 0 Å². The number of rotatable bonds is 3. The zero-order valence-corrected chi connectivity index (χ0v) is 17.4. The Labute approximate surface area is 166 Å². The minimum Gasteiger partial charge on any atom is -0.335 e. The number of halogens is 2. The molecule has 0 unspecified atom stereocenters. The number of carbonyl (C=O) groups is 1. The summed E-state index contributed by atoms with van der Waals surface area (Å²) in [6.45, 7) is 6.22. The van der Waals surface area contributed by atoms with E-state index in [1.165, 1.54) is 22.4 Å². The van der Waals surface area contributed by atoms with Gasteiger partial charge in [-0.25, -0.2) is 22.2 Å². The van der Waals surface area contributed by atoms with Gasteiger partial charge in [0.1, 0.15) is 16.5 Å². The van der Waals surface area contributed by atoms with Crippen molar-refractivity contribution in [2.45, 2.75) is 31.1 Å². The van der Waals surface area contributed by atoms with E-state index >= 15 is 0 Å². The third-order valence-corrected chi connectivity index (χ3v) is 7.76. The summed E-state index contributed by atoms with van der Waals surface area (Å²) in [4.78, 5) is 18.0. The zero-order valence-electron chi connectivity index (χ0n) is 15.8. The van der Waals surface area contributed by atoms with Gasteiger partial charge in [-0.05, 0) is 12.1 Å². The number of aromatic nitrogens is 1. The molecule has 1 saturated heterocycles. The maximum absolute atomic E-state index is 13.9. The Kier molecular flexibility index (Phi) is 5.57. The molecular formula is C18H21F2N3O3S2. The number of nitrogens with zero attached hydrogens (tertiary/aromatic N) is 3. The highest BCUT2D eigenvalue weighted by molar-refractivity contribution is 7.89. The van der Waals surface area contributed by atoms with Crippen LogP contribution in [-0.4, -0.2) is 54.7 Å². The van der Waals surface area contributed by atoms with Crippen molar-refractivity contribution in [3.8, 4) is 0 Å². The van der Waals surface area contributed by atoms with Crippen molar-refractivity contribution in [1.29, 1.82) is 0 Å². The first-order valence-electron chi connectivity index (χ1n) is 8.71. The summed E-state index contributed by atoms with van der Waals surface area (Å²) in [5, 5.41) is 0.840. The summed E-state index contributed by atoms with van der Waals surface area (Å²) in [6, 6.07) is 2.93. The van der Waals surface area contributed by atoms with Crippen molar-refractivity contribution < 1.29 is 22.0 Å². The fraction of sp³-hybridized carbons (Fsp3) is 0.444. The van der Waals surface area contributed by atoms with Crippen LogP contribution in [0.1, 0.15) is 35.5 Å². The van der Waals surface area contributed by atoms with Gasteiger partial charge in [0, 0.05) is 31.6 Å². The Bertz CT molecular complexity index is 971. The van der Waals surface area contributed by atoms with Crippen LogP contribution in [0.15, 0.2) is 29.3 Å². The highest BCUT2D eigenvalue weighted by Gasteiger charge is 2.34. The molecule has 1 amide bonds. The van der Waals surface area contributed by atoms with Crippen molar-refractivity contribution in [1.82, 2.24) is 14.2 Å². The summed E-state index contributed by atoms with van der Waals surface area (Å²) in [7, 11) is -4.32. The number of thiazole rings is 1. The Hall–Kier alpha value is -1.91. The molecule has 2 heterocycles. The lowest BCUT2D eigenvalue weighted by Crippen LogP contribution is -2.50. The summed E-state index contributed by atoms with van der Waals surface area (Å²) >= 11 is 1.32. The molecule has 3 rings (SSSR count). The van der Waals surface area contributed by atoms with Crippen LogP contribution < -0.4 is 0 Å². The second-order valence-corrected chi connectivity index (χ2v) is 10.4. The average Bonchev–Trinajstić information content (AvgIpc) is 3.11. The van der Waals surface area contributed by atoms with Gasteiger partial charge in [-0.15, -0.1) is 11.3 Å². The second kappa shape index (κ2) is 7.49. The SMILES string of the molecule is CC(C)(C)c1ncc(C(=O)N2CCN(S(=O)(=O)c3c(F)cccc3F)CC2)s1. The molecule has 0 aliphatic carbocycles. The minimum atomic E-state index is -4.32. The van der Waals surface area contributed by atoms with Gasteiger partial charge in [-0.3, -0.25) is 4.79 Å². The third kappa shape index (κ3) is 3.94. The predicted molar refractivity (Wildman–Crippen MR) is 102 cm³/mol. The van der Waals surface area contributed by atoms with E-state index in [-0.39, 0.29) is 37.5 Å². The fourth-order valence-electron chi connectivity index (χ4n) is 2.87. The maximum Gasteiger partial charge on any atom is 0.265 e. The quantitative estimate of drug-likeness (QED) is 0.752. The lowest BCUT2D eigenvalue weighted by Gasteiger charge is -2.33. The van der Waals surface area contributed by atoms with E-state index in [0.29, 0.717) is 4.88 Å². The van der Waals surface area contributed by atoms with Crippen molar-refractivity contribution in [2.24, 2.45) is 0 Å². The van der Waals surface area contributed by atoms with Gasteiger partial charge in [0.05, 0.1) is 11.2 Å². The highest BCUT2D eigenvalue weighted by atomic mass is 32.2. The standard InChI is InChI=1S/C18H21F2N3O3S2/c1-18(2,3)17-21-11-14(27-17)16(24)22-7-9-23(10-8-22)28(25,26)15-12(19)5-4-6-13(15)20/h4-6,11H,7-10H2,1-3H3. The molecule has 2 aromatic rings. The molecule has 152 valence electrons. The van der Waals surface area contributed by atoms with Crippen LogP contribution in [0, 0.1) is 11.6 Å². The Morgan fingerprint density at radius 2 is 1.68 bits per heavy atom. The van der Waals surface area contributed by atoms with E-state index in [0.717, 1.165) is 27.5 Å². The first-order chi connectivity index (χ1) is 13.0. The molecule has 0 radical (unpaired) electrons. The topological polar surface area (TPSA) is 70.6 Å². The predicted octanol–water partition coefficient (Wildman–Crippen LogP) is 2.87.